The molecule has 3 nitrogen and oxygen atoms in total. The SMILES string of the molecule is NCC1(Nc2ccc(F)c(Br)c2)CCCOCC1. The molecule has 0 saturated carbocycles. The number of rotatable bonds is 3. The van der Waals surface area contributed by atoms with Gasteiger partial charge in [0.1, 0.15) is 5.82 Å². The summed E-state index contributed by atoms with van der Waals surface area (Å²) < 4.78 is 19.1. The Morgan fingerprint density at radius 3 is 2.94 bits per heavy atom. The number of nitrogens with one attached hydrogen (secondary N) is 1. The summed E-state index contributed by atoms with van der Waals surface area (Å²) in [6.07, 6.45) is 2.84. The summed E-state index contributed by atoms with van der Waals surface area (Å²) in [5.74, 6) is -0.258. The molecule has 0 radical (unpaired) electrons. The fraction of sp³-hybridized carbons (Fsp3) is 0.538. The molecule has 1 aliphatic rings. The molecule has 18 heavy (non-hydrogen) atoms. The Bertz CT molecular complexity index is 406. The van der Waals surface area contributed by atoms with Gasteiger partial charge >= 0.3 is 0 Å². The number of benzene rings is 1. The van der Waals surface area contributed by atoms with Crippen molar-refractivity contribution in [3.63, 3.8) is 0 Å². The van der Waals surface area contributed by atoms with Gasteiger partial charge in [-0.2, -0.15) is 0 Å². The molecule has 0 aromatic heterocycles. The van der Waals surface area contributed by atoms with Gasteiger partial charge in [0.2, 0.25) is 0 Å². The predicted molar refractivity (Wildman–Crippen MR) is 74.2 cm³/mol. The van der Waals surface area contributed by atoms with E-state index in [1.54, 1.807) is 12.1 Å². The number of ether oxygens (including phenoxy) is 1. The van der Waals surface area contributed by atoms with Crippen LogP contribution in [0.25, 0.3) is 0 Å². The highest BCUT2D eigenvalue weighted by Crippen LogP contribution is 2.28. The summed E-state index contributed by atoms with van der Waals surface area (Å²) in [6, 6.07) is 4.94. The Morgan fingerprint density at radius 1 is 1.39 bits per heavy atom. The first kappa shape index (κ1) is 13.8. The maximum atomic E-state index is 13.2. The zero-order valence-electron chi connectivity index (χ0n) is 10.2. The lowest BCUT2D eigenvalue weighted by Crippen LogP contribution is -2.45. The maximum absolute atomic E-state index is 13.2. The van der Waals surface area contributed by atoms with Gasteiger partial charge < -0.3 is 15.8 Å². The Hall–Kier alpha value is -0.650. The second-order valence-corrected chi connectivity index (χ2v) is 5.56. The summed E-state index contributed by atoms with van der Waals surface area (Å²) >= 11 is 3.19. The highest BCUT2D eigenvalue weighted by atomic mass is 79.9. The molecule has 0 bridgehead atoms. The zero-order chi connectivity index (χ0) is 13.0. The summed E-state index contributed by atoms with van der Waals surface area (Å²) in [6.45, 7) is 2.05. The van der Waals surface area contributed by atoms with E-state index in [1.807, 2.05) is 0 Å². The molecule has 1 aromatic rings. The summed E-state index contributed by atoms with van der Waals surface area (Å²) in [5.41, 5.74) is 6.66. The fourth-order valence-corrected chi connectivity index (χ4v) is 2.65. The first-order chi connectivity index (χ1) is 8.65. The first-order valence-corrected chi connectivity index (χ1v) is 6.96. The molecule has 1 unspecified atom stereocenters. The van der Waals surface area contributed by atoms with Crippen LogP contribution in [0.5, 0.6) is 0 Å². The van der Waals surface area contributed by atoms with Gasteiger partial charge in [0.05, 0.1) is 10.0 Å². The Kier molecular flexibility index (Phi) is 4.59. The third kappa shape index (κ3) is 3.22. The molecule has 1 aromatic carbocycles. The molecule has 1 fully saturated rings. The molecule has 100 valence electrons. The molecule has 5 heteroatoms. The van der Waals surface area contributed by atoms with Gasteiger partial charge in [-0.25, -0.2) is 4.39 Å². The quantitative estimate of drug-likeness (QED) is 0.901. The van der Waals surface area contributed by atoms with Crippen LogP contribution >= 0.6 is 15.9 Å². The van der Waals surface area contributed by atoms with E-state index in [4.69, 9.17) is 10.5 Å². The van der Waals surface area contributed by atoms with E-state index < -0.39 is 0 Å². The van der Waals surface area contributed by atoms with E-state index in [2.05, 4.69) is 21.2 Å². The Labute approximate surface area is 115 Å². The predicted octanol–water partition coefficient (Wildman–Crippen LogP) is 2.90. The number of hydrogen-bond acceptors (Lipinski definition) is 3. The van der Waals surface area contributed by atoms with Crippen molar-refractivity contribution in [1.82, 2.24) is 0 Å². The second kappa shape index (κ2) is 5.99. The standard InChI is InChI=1S/C13H18BrFN2O/c14-11-8-10(2-3-12(11)15)17-13(9-16)4-1-6-18-7-5-13/h2-3,8,17H,1,4-7,9,16H2. The molecular formula is C13H18BrFN2O. The van der Waals surface area contributed by atoms with Crippen LogP contribution in [0, 0.1) is 5.82 Å². The van der Waals surface area contributed by atoms with Gasteiger partial charge in [-0.3, -0.25) is 0 Å². The molecule has 1 saturated heterocycles. The van der Waals surface area contributed by atoms with Gasteiger partial charge in [-0.15, -0.1) is 0 Å². The molecular weight excluding hydrogens is 299 g/mol. The van der Waals surface area contributed by atoms with Crippen LogP contribution in [0.4, 0.5) is 10.1 Å². The van der Waals surface area contributed by atoms with Crippen molar-refractivity contribution >= 4 is 21.6 Å². The number of nitrogens with two attached hydrogens (primary N) is 1. The Balaban J connectivity index is 2.15. The Morgan fingerprint density at radius 2 is 2.22 bits per heavy atom. The van der Waals surface area contributed by atoms with Crippen molar-refractivity contribution in [3.8, 4) is 0 Å². The molecule has 0 spiro atoms. The van der Waals surface area contributed by atoms with E-state index in [0.717, 1.165) is 31.6 Å². The van der Waals surface area contributed by atoms with Crippen LogP contribution in [0.15, 0.2) is 22.7 Å². The topological polar surface area (TPSA) is 47.3 Å². The van der Waals surface area contributed by atoms with Crippen LogP contribution in [0.1, 0.15) is 19.3 Å². The van der Waals surface area contributed by atoms with E-state index in [0.29, 0.717) is 17.6 Å². The van der Waals surface area contributed by atoms with E-state index in [9.17, 15) is 4.39 Å². The molecule has 1 heterocycles. The van der Waals surface area contributed by atoms with Crippen molar-refractivity contribution in [3.05, 3.63) is 28.5 Å². The van der Waals surface area contributed by atoms with Crippen LogP contribution < -0.4 is 11.1 Å². The molecule has 2 rings (SSSR count). The lowest BCUT2D eigenvalue weighted by atomic mass is 9.90. The van der Waals surface area contributed by atoms with E-state index in [1.165, 1.54) is 6.07 Å². The van der Waals surface area contributed by atoms with Gasteiger partial charge in [-0.05, 0) is 53.4 Å². The molecule has 0 aliphatic carbocycles. The second-order valence-electron chi connectivity index (χ2n) is 4.70. The van der Waals surface area contributed by atoms with Crippen LogP contribution in [0.3, 0.4) is 0 Å². The largest absolute Gasteiger partial charge is 0.381 e. The van der Waals surface area contributed by atoms with E-state index in [-0.39, 0.29) is 11.4 Å². The van der Waals surface area contributed by atoms with Crippen molar-refractivity contribution < 1.29 is 9.13 Å². The van der Waals surface area contributed by atoms with Crippen molar-refractivity contribution in [1.29, 1.82) is 0 Å². The van der Waals surface area contributed by atoms with Crippen LogP contribution in [-0.2, 0) is 4.74 Å². The lowest BCUT2D eigenvalue weighted by molar-refractivity contribution is 0.141. The lowest BCUT2D eigenvalue weighted by Gasteiger charge is -2.33. The van der Waals surface area contributed by atoms with Crippen molar-refractivity contribution in [2.75, 3.05) is 25.1 Å². The van der Waals surface area contributed by atoms with E-state index >= 15 is 0 Å². The molecule has 3 N–H and O–H groups in total. The van der Waals surface area contributed by atoms with Crippen molar-refractivity contribution in [2.24, 2.45) is 5.73 Å². The van der Waals surface area contributed by atoms with Gasteiger partial charge in [0.15, 0.2) is 0 Å². The fourth-order valence-electron chi connectivity index (χ4n) is 2.27. The molecule has 1 atom stereocenters. The number of anilines is 1. The molecule has 0 amide bonds. The minimum atomic E-state index is -0.258. The van der Waals surface area contributed by atoms with Crippen molar-refractivity contribution in [2.45, 2.75) is 24.8 Å². The maximum Gasteiger partial charge on any atom is 0.137 e. The van der Waals surface area contributed by atoms with Crippen LogP contribution in [-0.4, -0.2) is 25.3 Å². The average Bonchev–Trinajstić information content (AvgIpc) is 2.60. The highest BCUT2D eigenvalue weighted by Gasteiger charge is 2.29. The molecule has 1 aliphatic heterocycles. The van der Waals surface area contributed by atoms with Gasteiger partial charge in [0.25, 0.3) is 0 Å². The number of halogens is 2. The highest BCUT2D eigenvalue weighted by molar-refractivity contribution is 9.10. The summed E-state index contributed by atoms with van der Waals surface area (Å²) in [5, 5.41) is 3.45. The minimum absolute atomic E-state index is 0.145. The monoisotopic (exact) mass is 316 g/mol. The summed E-state index contributed by atoms with van der Waals surface area (Å²) in [4.78, 5) is 0. The first-order valence-electron chi connectivity index (χ1n) is 6.16. The van der Waals surface area contributed by atoms with Crippen LogP contribution in [0.2, 0.25) is 0 Å². The normalized spacial score (nSPS) is 24.6. The average molecular weight is 317 g/mol. The zero-order valence-corrected chi connectivity index (χ0v) is 11.8. The minimum Gasteiger partial charge on any atom is -0.381 e. The van der Waals surface area contributed by atoms with Gasteiger partial charge in [-0.1, -0.05) is 0 Å². The smallest absolute Gasteiger partial charge is 0.137 e. The number of hydrogen-bond donors (Lipinski definition) is 2. The van der Waals surface area contributed by atoms with Gasteiger partial charge in [0, 0.05) is 25.4 Å². The third-order valence-corrected chi connectivity index (χ3v) is 4.00. The third-order valence-electron chi connectivity index (χ3n) is 3.39. The summed E-state index contributed by atoms with van der Waals surface area (Å²) in [7, 11) is 0.